The van der Waals surface area contributed by atoms with Gasteiger partial charge in [-0.3, -0.25) is 14.5 Å². The summed E-state index contributed by atoms with van der Waals surface area (Å²) >= 11 is 0. The number of carbonyl (C=O) groups excluding carboxylic acids is 2. The van der Waals surface area contributed by atoms with Crippen molar-refractivity contribution in [2.45, 2.75) is 57.2 Å². The number of carbonyl (C=O) groups is 2. The maximum absolute atomic E-state index is 12.9. The van der Waals surface area contributed by atoms with Gasteiger partial charge in [0.25, 0.3) is 11.8 Å². The van der Waals surface area contributed by atoms with Crippen LogP contribution in [-0.4, -0.2) is 28.4 Å². The summed E-state index contributed by atoms with van der Waals surface area (Å²) in [5.41, 5.74) is 13.5. The second-order valence-corrected chi connectivity index (χ2v) is 6.48. The lowest BCUT2D eigenvalue weighted by Gasteiger charge is -2.41. The molecular formula is C17H23N3O2. The first kappa shape index (κ1) is 15.2. The van der Waals surface area contributed by atoms with E-state index in [2.05, 4.69) is 6.92 Å². The fourth-order valence-electron chi connectivity index (χ4n) is 3.60. The second-order valence-electron chi connectivity index (χ2n) is 6.48. The van der Waals surface area contributed by atoms with Crippen LogP contribution in [0.15, 0.2) is 18.2 Å². The number of rotatable bonds is 3. The summed E-state index contributed by atoms with van der Waals surface area (Å²) in [5.74, 6) is -0.488. The molecule has 1 fully saturated rings. The van der Waals surface area contributed by atoms with Crippen LogP contribution in [0.25, 0.3) is 0 Å². The minimum Gasteiger partial charge on any atom is -0.328 e. The minimum absolute atomic E-state index is 0.113. The van der Waals surface area contributed by atoms with Gasteiger partial charge < -0.3 is 11.5 Å². The third-order valence-electron chi connectivity index (χ3n) is 4.86. The second kappa shape index (κ2) is 5.48. The van der Waals surface area contributed by atoms with Gasteiger partial charge in [-0.1, -0.05) is 25.5 Å². The van der Waals surface area contributed by atoms with Crippen molar-refractivity contribution < 1.29 is 9.59 Å². The predicted octanol–water partition coefficient (Wildman–Crippen LogP) is 1.79. The number of hydrogen-bond acceptors (Lipinski definition) is 4. The number of benzene rings is 1. The number of imide groups is 1. The first-order valence-corrected chi connectivity index (χ1v) is 8.03. The molecule has 22 heavy (non-hydrogen) atoms. The highest BCUT2D eigenvalue weighted by atomic mass is 16.2. The van der Waals surface area contributed by atoms with Crippen LogP contribution in [0.4, 0.5) is 0 Å². The van der Waals surface area contributed by atoms with E-state index in [1.165, 1.54) is 4.90 Å². The Morgan fingerprint density at radius 2 is 1.91 bits per heavy atom. The highest BCUT2D eigenvalue weighted by Gasteiger charge is 2.48. The summed E-state index contributed by atoms with van der Waals surface area (Å²) in [6.07, 6.45) is 4.35. The molecule has 1 aromatic rings. The van der Waals surface area contributed by atoms with Crippen LogP contribution in [0.1, 0.15) is 65.3 Å². The summed E-state index contributed by atoms with van der Waals surface area (Å²) in [6.45, 7) is 2.06. The summed E-state index contributed by atoms with van der Waals surface area (Å²) in [7, 11) is 0. The Labute approximate surface area is 130 Å². The van der Waals surface area contributed by atoms with Gasteiger partial charge in [-0.15, -0.1) is 0 Å². The van der Waals surface area contributed by atoms with Gasteiger partial charge in [0.15, 0.2) is 0 Å². The highest BCUT2D eigenvalue weighted by molar-refractivity contribution is 6.22. The first-order chi connectivity index (χ1) is 10.5. The molecule has 2 amide bonds. The molecule has 4 N–H and O–H groups in total. The van der Waals surface area contributed by atoms with Gasteiger partial charge in [-0.05, 0) is 43.7 Å². The fraction of sp³-hybridized carbons (Fsp3) is 0.529. The van der Waals surface area contributed by atoms with E-state index in [4.69, 9.17) is 11.5 Å². The van der Waals surface area contributed by atoms with Gasteiger partial charge in [0.1, 0.15) is 0 Å². The van der Waals surface area contributed by atoms with E-state index in [1.807, 2.05) is 12.1 Å². The van der Waals surface area contributed by atoms with Gasteiger partial charge in [0.05, 0.1) is 16.8 Å². The molecule has 118 valence electrons. The van der Waals surface area contributed by atoms with Gasteiger partial charge in [0.2, 0.25) is 0 Å². The molecule has 1 aromatic carbocycles. The SMILES string of the molecule is CCCc1cccc2c1C(=O)N(C1(N)CCC(N)CC1)C2=O. The summed E-state index contributed by atoms with van der Waals surface area (Å²) in [5, 5.41) is 0. The lowest BCUT2D eigenvalue weighted by atomic mass is 9.85. The molecule has 3 rings (SSSR count). The Morgan fingerprint density at radius 3 is 2.55 bits per heavy atom. The van der Waals surface area contributed by atoms with Crippen molar-refractivity contribution in [3.05, 3.63) is 34.9 Å². The van der Waals surface area contributed by atoms with Crippen LogP contribution in [0.2, 0.25) is 0 Å². The molecule has 0 unspecified atom stereocenters. The monoisotopic (exact) mass is 301 g/mol. The molecule has 0 bridgehead atoms. The molecule has 5 heteroatoms. The largest absolute Gasteiger partial charge is 0.328 e. The number of amides is 2. The van der Waals surface area contributed by atoms with Gasteiger partial charge in [-0.2, -0.15) is 0 Å². The van der Waals surface area contributed by atoms with Crippen LogP contribution >= 0.6 is 0 Å². The zero-order valence-corrected chi connectivity index (χ0v) is 13.0. The number of nitrogens with two attached hydrogens (primary N) is 2. The molecule has 1 heterocycles. The van der Waals surface area contributed by atoms with E-state index in [9.17, 15) is 9.59 Å². The highest BCUT2D eigenvalue weighted by Crippen LogP contribution is 2.36. The Balaban J connectivity index is 1.98. The quantitative estimate of drug-likeness (QED) is 0.833. The van der Waals surface area contributed by atoms with E-state index in [0.29, 0.717) is 24.0 Å². The van der Waals surface area contributed by atoms with Crippen LogP contribution in [0.3, 0.4) is 0 Å². The molecule has 1 aliphatic carbocycles. The maximum Gasteiger partial charge on any atom is 0.263 e. The van der Waals surface area contributed by atoms with E-state index < -0.39 is 5.66 Å². The van der Waals surface area contributed by atoms with Crippen molar-refractivity contribution in [1.82, 2.24) is 4.90 Å². The number of nitrogens with zero attached hydrogens (tertiary/aromatic N) is 1. The van der Waals surface area contributed by atoms with E-state index in [1.54, 1.807) is 6.07 Å². The van der Waals surface area contributed by atoms with E-state index in [-0.39, 0.29) is 17.9 Å². The van der Waals surface area contributed by atoms with Crippen molar-refractivity contribution in [3.63, 3.8) is 0 Å². The number of fused-ring (bicyclic) bond motifs is 1. The molecule has 2 aliphatic rings. The maximum atomic E-state index is 12.9. The van der Waals surface area contributed by atoms with Gasteiger partial charge in [0, 0.05) is 6.04 Å². The Bertz CT molecular complexity index is 618. The third kappa shape index (κ3) is 2.25. The Morgan fingerprint density at radius 1 is 1.23 bits per heavy atom. The van der Waals surface area contributed by atoms with E-state index >= 15 is 0 Å². The van der Waals surface area contributed by atoms with Crippen molar-refractivity contribution in [1.29, 1.82) is 0 Å². The lowest BCUT2D eigenvalue weighted by Crippen LogP contribution is -2.60. The molecule has 5 nitrogen and oxygen atoms in total. The van der Waals surface area contributed by atoms with Crippen LogP contribution in [0.5, 0.6) is 0 Å². The summed E-state index contributed by atoms with van der Waals surface area (Å²) < 4.78 is 0. The Kier molecular flexibility index (Phi) is 3.78. The van der Waals surface area contributed by atoms with E-state index in [0.717, 1.165) is 31.2 Å². The van der Waals surface area contributed by atoms with Gasteiger partial charge in [-0.25, -0.2) is 0 Å². The molecule has 0 saturated heterocycles. The fourth-order valence-corrected chi connectivity index (χ4v) is 3.60. The third-order valence-corrected chi connectivity index (χ3v) is 4.86. The molecule has 1 saturated carbocycles. The number of hydrogen-bond donors (Lipinski definition) is 2. The Hall–Kier alpha value is -1.72. The van der Waals surface area contributed by atoms with Crippen molar-refractivity contribution in [2.75, 3.05) is 0 Å². The zero-order chi connectivity index (χ0) is 15.9. The summed E-state index contributed by atoms with van der Waals surface area (Å²) in [6, 6.07) is 5.62. The molecule has 0 radical (unpaired) electrons. The van der Waals surface area contributed by atoms with Gasteiger partial charge >= 0.3 is 0 Å². The molecule has 0 aromatic heterocycles. The first-order valence-electron chi connectivity index (χ1n) is 8.03. The topological polar surface area (TPSA) is 89.4 Å². The average Bonchev–Trinajstić information content (AvgIpc) is 2.76. The zero-order valence-electron chi connectivity index (χ0n) is 13.0. The molecule has 1 aliphatic heterocycles. The normalized spacial score (nSPS) is 28.1. The van der Waals surface area contributed by atoms with Crippen LogP contribution < -0.4 is 11.5 Å². The summed E-state index contributed by atoms with van der Waals surface area (Å²) in [4.78, 5) is 26.9. The van der Waals surface area contributed by atoms with Crippen molar-refractivity contribution in [3.8, 4) is 0 Å². The average molecular weight is 301 g/mol. The standard InChI is InChI=1S/C17H23N3O2/c1-2-4-11-5-3-6-13-14(11)16(22)20(15(13)21)17(19)9-7-12(18)8-10-17/h3,5-6,12H,2,4,7-10,18-19H2,1H3. The molecule has 0 spiro atoms. The molecule has 0 atom stereocenters. The van der Waals surface area contributed by atoms with Crippen LogP contribution in [0, 0.1) is 0 Å². The molecular weight excluding hydrogens is 278 g/mol. The van der Waals surface area contributed by atoms with Crippen LogP contribution in [-0.2, 0) is 6.42 Å². The lowest BCUT2D eigenvalue weighted by molar-refractivity contribution is 0.0326. The smallest absolute Gasteiger partial charge is 0.263 e. The number of aryl methyl sites for hydroxylation is 1. The minimum atomic E-state index is -0.896. The van der Waals surface area contributed by atoms with Crippen molar-refractivity contribution in [2.24, 2.45) is 11.5 Å². The predicted molar refractivity (Wildman–Crippen MR) is 84.3 cm³/mol. The van der Waals surface area contributed by atoms with Crippen molar-refractivity contribution >= 4 is 11.8 Å².